The Labute approximate surface area is 145 Å². The average molecular weight is 350 g/mol. The summed E-state index contributed by atoms with van der Waals surface area (Å²) in [5, 5.41) is 9.69. The molecule has 0 bridgehead atoms. The molecule has 0 unspecified atom stereocenters. The van der Waals surface area contributed by atoms with Gasteiger partial charge in [0.25, 0.3) is 0 Å². The van der Waals surface area contributed by atoms with E-state index in [0.717, 1.165) is 11.6 Å². The number of thioether (sulfide) groups is 1. The van der Waals surface area contributed by atoms with Crippen molar-refractivity contribution in [3.05, 3.63) is 30.3 Å². The molecule has 0 aliphatic carbocycles. The number of likely N-dealkylation sites (N-methyl/N-ethyl adjacent to an activating group) is 1. The molecule has 6 nitrogen and oxygen atoms in total. The molecule has 2 aliphatic rings. The van der Waals surface area contributed by atoms with Gasteiger partial charge in [-0.05, 0) is 19.2 Å². The monoisotopic (exact) mass is 350 g/mol. The zero-order valence-electron chi connectivity index (χ0n) is 13.7. The fraction of sp³-hybridized carbons (Fsp3) is 0.529. The maximum absolute atomic E-state index is 12.6. The lowest BCUT2D eigenvalue weighted by atomic mass is 9.90. The zero-order chi connectivity index (χ0) is 17.2. The maximum Gasteiger partial charge on any atom is 0.348 e. The molecule has 1 aromatic rings. The summed E-state index contributed by atoms with van der Waals surface area (Å²) in [4.78, 5) is 28.3. The second kappa shape index (κ2) is 7.03. The van der Waals surface area contributed by atoms with Gasteiger partial charge >= 0.3 is 5.97 Å². The summed E-state index contributed by atoms with van der Waals surface area (Å²) in [6, 6.07) is 8.91. The summed E-state index contributed by atoms with van der Waals surface area (Å²) in [7, 11) is 1.95. The van der Waals surface area contributed by atoms with E-state index in [1.165, 1.54) is 0 Å². The number of carbonyl (C=O) groups is 2. The highest BCUT2D eigenvalue weighted by molar-refractivity contribution is 7.99. The number of amides is 1. The smallest absolute Gasteiger partial charge is 0.348 e. The van der Waals surface area contributed by atoms with Crippen LogP contribution in [0.2, 0.25) is 0 Å². The minimum atomic E-state index is -1.26. The number of ether oxygens (including phenoxy) is 1. The highest BCUT2D eigenvalue weighted by atomic mass is 32.2. The molecule has 1 amide bonds. The number of benzene rings is 1. The van der Waals surface area contributed by atoms with Gasteiger partial charge in [0.1, 0.15) is 5.75 Å². The van der Waals surface area contributed by atoms with E-state index in [4.69, 9.17) is 4.74 Å². The number of nitrogens with zero attached hydrogens (tertiary/aromatic N) is 2. The predicted octanol–water partition coefficient (Wildman–Crippen LogP) is 1.52. The molecular formula is C17H22N2O4S. The Balaban J connectivity index is 1.66. The quantitative estimate of drug-likeness (QED) is 0.888. The minimum Gasteiger partial charge on any atom is -0.478 e. The molecule has 0 spiro atoms. The molecule has 2 saturated heterocycles. The van der Waals surface area contributed by atoms with Crippen LogP contribution in [0.1, 0.15) is 12.8 Å². The van der Waals surface area contributed by atoms with Crippen LogP contribution in [0.5, 0.6) is 5.75 Å². The second-order valence-corrected chi connectivity index (χ2v) is 7.31. The topological polar surface area (TPSA) is 70.1 Å². The number of piperidine rings is 1. The number of rotatable bonds is 4. The second-order valence-electron chi connectivity index (χ2n) is 6.31. The molecule has 3 rings (SSSR count). The van der Waals surface area contributed by atoms with Crippen molar-refractivity contribution in [3.8, 4) is 5.75 Å². The van der Waals surface area contributed by atoms with E-state index in [1.807, 2.05) is 30.1 Å². The van der Waals surface area contributed by atoms with Crippen molar-refractivity contribution in [1.82, 2.24) is 9.80 Å². The van der Waals surface area contributed by atoms with Crippen molar-refractivity contribution < 1.29 is 19.4 Å². The molecule has 7 heteroatoms. The van der Waals surface area contributed by atoms with Crippen LogP contribution in [-0.2, 0) is 9.59 Å². The van der Waals surface area contributed by atoms with Crippen LogP contribution in [0.4, 0.5) is 0 Å². The molecule has 0 aromatic heterocycles. The number of carbonyl (C=O) groups excluding carboxylic acids is 1. The van der Waals surface area contributed by atoms with Gasteiger partial charge in [0, 0.05) is 37.6 Å². The molecule has 0 saturated carbocycles. The molecule has 1 N–H and O–H groups in total. The molecule has 2 fully saturated rings. The van der Waals surface area contributed by atoms with Gasteiger partial charge < -0.3 is 14.7 Å². The summed E-state index contributed by atoms with van der Waals surface area (Å²) in [5.41, 5.74) is -1.26. The SMILES string of the molecule is CN1CSC[C@H]1C(=O)N1CCC(Oc2ccccc2)(C(=O)O)CC1. The van der Waals surface area contributed by atoms with E-state index in [9.17, 15) is 14.7 Å². The first-order valence-electron chi connectivity index (χ1n) is 8.06. The molecule has 1 atom stereocenters. The van der Waals surface area contributed by atoms with Gasteiger partial charge in [-0.1, -0.05) is 18.2 Å². The van der Waals surface area contributed by atoms with Crippen LogP contribution in [0, 0.1) is 0 Å². The number of para-hydroxylation sites is 1. The van der Waals surface area contributed by atoms with Gasteiger partial charge in [-0.2, -0.15) is 0 Å². The van der Waals surface area contributed by atoms with E-state index in [-0.39, 0.29) is 11.9 Å². The van der Waals surface area contributed by atoms with Gasteiger partial charge in [0.05, 0.1) is 6.04 Å². The van der Waals surface area contributed by atoms with E-state index in [0.29, 0.717) is 31.7 Å². The Morgan fingerprint density at radius 2 is 1.92 bits per heavy atom. The summed E-state index contributed by atoms with van der Waals surface area (Å²) in [5.74, 6) is 1.34. The zero-order valence-corrected chi connectivity index (χ0v) is 14.5. The first kappa shape index (κ1) is 17.1. The fourth-order valence-corrected chi connectivity index (χ4v) is 4.35. The molecule has 24 heavy (non-hydrogen) atoms. The minimum absolute atomic E-state index is 0.0950. The Hall–Kier alpha value is -1.73. The van der Waals surface area contributed by atoms with Crippen LogP contribution in [0.15, 0.2) is 30.3 Å². The highest BCUT2D eigenvalue weighted by Gasteiger charge is 2.46. The van der Waals surface area contributed by atoms with E-state index in [2.05, 4.69) is 0 Å². The van der Waals surface area contributed by atoms with E-state index < -0.39 is 11.6 Å². The Morgan fingerprint density at radius 1 is 1.25 bits per heavy atom. The van der Waals surface area contributed by atoms with Gasteiger partial charge in [0.15, 0.2) is 0 Å². The van der Waals surface area contributed by atoms with Gasteiger partial charge in [-0.15, -0.1) is 11.8 Å². The first-order valence-corrected chi connectivity index (χ1v) is 9.21. The molecule has 0 radical (unpaired) electrons. The average Bonchev–Trinajstić information content (AvgIpc) is 3.02. The van der Waals surface area contributed by atoms with Gasteiger partial charge in [0.2, 0.25) is 11.5 Å². The third-order valence-electron chi connectivity index (χ3n) is 4.72. The van der Waals surface area contributed by atoms with Gasteiger partial charge in [-0.3, -0.25) is 9.69 Å². The van der Waals surface area contributed by atoms with Crippen LogP contribution < -0.4 is 4.74 Å². The third-order valence-corrected chi connectivity index (χ3v) is 5.86. The van der Waals surface area contributed by atoms with Crippen molar-refractivity contribution in [2.75, 3.05) is 31.8 Å². The van der Waals surface area contributed by atoms with Crippen LogP contribution in [-0.4, -0.2) is 70.2 Å². The summed E-state index contributed by atoms with van der Waals surface area (Å²) in [6.45, 7) is 0.819. The number of aliphatic carboxylic acids is 1. The fourth-order valence-electron chi connectivity index (χ4n) is 3.16. The van der Waals surface area contributed by atoms with Crippen molar-refractivity contribution >= 4 is 23.6 Å². The number of likely N-dealkylation sites (tertiary alicyclic amines) is 1. The van der Waals surface area contributed by atoms with Gasteiger partial charge in [-0.25, -0.2) is 4.79 Å². The van der Waals surface area contributed by atoms with E-state index >= 15 is 0 Å². The standard InChI is InChI=1S/C17H22N2O4S/c1-18-12-24-11-14(18)15(20)19-9-7-17(8-10-19,16(21)22)23-13-5-3-2-4-6-13/h2-6,14H,7-12H2,1H3,(H,21,22)/t14-/m0/s1. The normalized spacial score (nSPS) is 23.9. The van der Waals surface area contributed by atoms with Crippen molar-refractivity contribution in [3.63, 3.8) is 0 Å². The molecule has 130 valence electrons. The van der Waals surface area contributed by atoms with Crippen LogP contribution >= 0.6 is 11.8 Å². The number of hydrogen-bond acceptors (Lipinski definition) is 5. The molecule has 1 aromatic carbocycles. The van der Waals surface area contributed by atoms with Crippen LogP contribution in [0.25, 0.3) is 0 Å². The lowest BCUT2D eigenvalue weighted by Crippen LogP contribution is -2.56. The maximum atomic E-state index is 12.6. The Kier molecular flexibility index (Phi) is 5.01. The summed E-state index contributed by atoms with van der Waals surface area (Å²) in [6.07, 6.45) is 0.596. The van der Waals surface area contributed by atoms with E-state index in [1.54, 1.807) is 28.8 Å². The van der Waals surface area contributed by atoms with Crippen molar-refractivity contribution in [1.29, 1.82) is 0 Å². The van der Waals surface area contributed by atoms with Crippen molar-refractivity contribution in [2.24, 2.45) is 0 Å². The summed E-state index contributed by atoms with van der Waals surface area (Å²) >= 11 is 1.75. The number of hydrogen-bond donors (Lipinski definition) is 1. The predicted molar refractivity (Wildman–Crippen MR) is 92.1 cm³/mol. The molecular weight excluding hydrogens is 328 g/mol. The number of carboxylic acid groups (broad SMARTS) is 1. The lowest BCUT2D eigenvalue weighted by molar-refractivity contribution is -0.162. The highest BCUT2D eigenvalue weighted by Crippen LogP contribution is 2.30. The van der Waals surface area contributed by atoms with Crippen LogP contribution in [0.3, 0.4) is 0 Å². The third kappa shape index (κ3) is 3.37. The first-order chi connectivity index (χ1) is 11.5. The van der Waals surface area contributed by atoms with Crippen molar-refractivity contribution in [2.45, 2.75) is 24.5 Å². The Morgan fingerprint density at radius 3 is 2.46 bits per heavy atom. The largest absolute Gasteiger partial charge is 0.478 e. The number of carboxylic acids is 1. The lowest BCUT2D eigenvalue weighted by Gasteiger charge is -2.40. The molecule has 2 heterocycles. The summed E-state index contributed by atoms with van der Waals surface area (Å²) < 4.78 is 5.83. The molecule has 2 aliphatic heterocycles. The Bertz CT molecular complexity index is 602.